The van der Waals surface area contributed by atoms with E-state index >= 15 is 0 Å². The highest BCUT2D eigenvalue weighted by molar-refractivity contribution is 9.10. The summed E-state index contributed by atoms with van der Waals surface area (Å²) in [5.41, 5.74) is 10.3. The number of rotatable bonds is 2. The van der Waals surface area contributed by atoms with E-state index in [1.165, 1.54) is 30.4 Å². The molecule has 1 aromatic carbocycles. The van der Waals surface area contributed by atoms with Crippen molar-refractivity contribution in [1.82, 2.24) is 0 Å². The summed E-state index contributed by atoms with van der Waals surface area (Å²) in [6, 6.07) is 8.23. The van der Waals surface area contributed by atoms with Crippen LogP contribution in [0.2, 0.25) is 0 Å². The molecule has 0 fully saturated rings. The molecule has 1 heterocycles. The Morgan fingerprint density at radius 1 is 1.18 bits per heavy atom. The van der Waals surface area contributed by atoms with Crippen LogP contribution >= 0.6 is 15.9 Å². The first kappa shape index (κ1) is 11.1. The second-order valence-electron chi connectivity index (χ2n) is 4.49. The van der Waals surface area contributed by atoms with E-state index in [0.717, 1.165) is 15.8 Å². The third-order valence-corrected chi connectivity index (χ3v) is 4.06. The van der Waals surface area contributed by atoms with E-state index in [1.807, 2.05) is 6.07 Å². The number of fused-ring (bicyclic) bond motifs is 1. The monoisotopic (exact) mass is 291 g/mol. The van der Waals surface area contributed by atoms with E-state index in [9.17, 15) is 0 Å². The Kier molecular flexibility index (Phi) is 2.81. The highest BCUT2D eigenvalue weighted by Gasteiger charge is 2.18. The van der Waals surface area contributed by atoms with Gasteiger partial charge in [-0.15, -0.1) is 0 Å². The lowest BCUT2D eigenvalue weighted by molar-refractivity contribution is 0.487. The van der Waals surface area contributed by atoms with Crippen molar-refractivity contribution in [2.24, 2.45) is 5.73 Å². The quantitative estimate of drug-likeness (QED) is 0.919. The summed E-state index contributed by atoms with van der Waals surface area (Å²) in [6.45, 7) is 0. The molecule has 0 amide bonds. The van der Waals surface area contributed by atoms with E-state index in [-0.39, 0.29) is 6.04 Å². The Bertz CT molecular complexity index is 547. The van der Waals surface area contributed by atoms with Crippen molar-refractivity contribution in [3.05, 3.63) is 57.5 Å². The highest BCUT2D eigenvalue weighted by Crippen LogP contribution is 2.30. The van der Waals surface area contributed by atoms with Crippen LogP contribution in [0.3, 0.4) is 0 Å². The number of aryl methyl sites for hydroxylation is 2. The molecule has 2 nitrogen and oxygen atoms in total. The van der Waals surface area contributed by atoms with E-state index in [2.05, 4.69) is 34.1 Å². The molecule has 0 aliphatic heterocycles. The van der Waals surface area contributed by atoms with E-state index in [0.29, 0.717) is 0 Å². The number of nitrogens with two attached hydrogens (primary N) is 1. The van der Waals surface area contributed by atoms with E-state index < -0.39 is 0 Å². The fraction of sp³-hybridized carbons (Fsp3) is 0.286. The fourth-order valence-corrected chi connectivity index (χ4v) is 2.91. The van der Waals surface area contributed by atoms with Crippen LogP contribution in [0.15, 0.2) is 39.4 Å². The third kappa shape index (κ3) is 1.94. The molecular formula is C14H14BrNO. The maximum atomic E-state index is 6.23. The first-order valence-electron chi connectivity index (χ1n) is 5.86. The summed E-state index contributed by atoms with van der Waals surface area (Å²) < 4.78 is 6.36. The van der Waals surface area contributed by atoms with Gasteiger partial charge in [0.25, 0.3) is 0 Å². The Morgan fingerprint density at radius 3 is 2.76 bits per heavy atom. The first-order chi connectivity index (χ1) is 8.25. The molecule has 2 aromatic rings. The van der Waals surface area contributed by atoms with Gasteiger partial charge in [-0.3, -0.25) is 0 Å². The van der Waals surface area contributed by atoms with Crippen molar-refractivity contribution in [3.8, 4) is 0 Å². The molecule has 88 valence electrons. The summed E-state index contributed by atoms with van der Waals surface area (Å²) in [4.78, 5) is 0. The van der Waals surface area contributed by atoms with Gasteiger partial charge in [-0.1, -0.05) is 18.2 Å². The lowest BCUT2D eigenvalue weighted by Crippen LogP contribution is -2.11. The molecule has 2 N–H and O–H groups in total. The van der Waals surface area contributed by atoms with Crippen LogP contribution in [-0.4, -0.2) is 0 Å². The van der Waals surface area contributed by atoms with Gasteiger partial charge in [0.05, 0.1) is 16.8 Å². The van der Waals surface area contributed by atoms with Gasteiger partial charge < -0.3 is 10.2 Å². The summed E-state index contributed by atoms with van der Waals surface area (Å²) in [5.74, 6) is 0.794. The largest absolute Gasteiger partial charge is 0.466 e. The fourth-order valence-electron chi connectivity index (χ4n) is 2.46. The number of furan rings is 1. The molecule has 0 radical (unpaired) electrons. The summed E-state index contributed by atoms with van der Waals surface area (Å²) in [6.07, 6.45) is 5.30. The minimum atomic E-state index is -0.190. The number of hydrogen-bond donors (Lipinski definition) is 1. The van der Waals surface area contributed by atoms with E-state index in [1.54, 1.807) is 6.26 Å². The van der Waals surface area contributed by atoms with Crippen molar-refractivity contribution in [3.63, 3.8) is 0 Å². The molecule has 3 rings (SSSR count). The zero-order valence-corrected chi connectivity index (χ0v) is 11.0. The summed E-state index contributed by atoms with van der Waals surface area (Å²) in [5, 5.41) is 0. The van der Waals surface area contributed by atoms with Crippen molar-refractivity contribution in [2.45, 2.75) is 25.3 Å². The van der Waals surface area contributed by atoms with Crippen molar-refractivity contribution in [1.29, 1.82) is 0 Å². The maximum absolute atomic E-state index is 6.23. The van der Waals surface area contributed by atoms with Crippen molar-refractivity contribution >= 4 is 15.9 Å². The van der Waals surface area contributed by atoms with E-state index in [4.69, 9.17) is 10.2 Å². The Balaban J connectivity index is 1.97. The van der Waals surface area contributed by atoms with Crippen LogP contribution in [0.1, 0.15) is 34.9 Å². The van der Waals surface area contributed by atoms with Crippen LogP contribution in [0.5, 0.6) is 0 Å². The number of benzene rings is 1. The van der Waals surface area contributed by atoms with Gasteiger partial charge in [-0.05, 0) is 57.9 Å². The van der Waals surface area contributed by atoms with Crippen LogP contribution < -0.4 is 5.73 Å². The molecule has 0 bridgehead atoms. The second-order valence-corrected chi connectivity index (χ2v) is 5.35. The van der Waals surface area contributed by atoms with Gasteiger partial charge in [0, 0.05) is 0 Å². The molecule has 1 atom stereocenters. The third-order valence-electron chi connectivity index (χ3n) is 3.41. The standard InChI is InChI=1S/C14H14BrNO/c15-12-6-7-17-14(12)13(16)11-5-4-9-2-1-3-10(9)8-11/h4-8,13H,1-3,16H2. The highest BCUT2D eigenvalue weighted by atomic mass is 79.9. The molecule has 0 saturated carbocycles. The van der Waals surface area contributed by atoms with Crippen LogP contribution in [0.4, 0.5) is 0 Å². The number of halogens is 1. The molecule has 1 aromatic heterocycles. The Hall–Kier alpha value is -1.06. The summed E-state index contributed by atoms with van der Waals surface area (Å²) in [7, 11) is 0. The van der Waals surface area contributed by atoms with Gasteiger partial charge in [0.2, 0.25) is 0 Å². The normalized spacial score (nSPS) is 15.9. The average molecular weight is 292 g/mol. The van der Waals surface area contributed by atoms with Crippen LogP contribution in [0.25, 0.3) is 0 Å². The lowest BCUT2D eigenvalue weighted by atomic mass is 10.0. The predicted octanol–water partition coefficient (Wildman–Crippen LogP) is 3.58. The molecule has 1 unspecified atom stereocenters. The van der Waals surface area contributed by atoms with Gasteiger partial charge in [0.15, 0.2) is 0 Å². The van der Waals surface area contributed by atoms with Crippen molar-refractivity contribution in [2.75, 3.05) is 0 Å². The van der Waals surface area contributed by atoms with Gasteiger partial charge >= 0.3 is 0 Å². The molecular weight excluding hydrogens is 278 g/mol. The molecule has 1 aliphatic rings. The van der Waals surface area contributed by atoms with Gasteiger partial charge in [0.1, 0.15) is 5.76 Å². The Morgan fingerprint density at radius 2 is 2.00 bits per heavy atom. The molecule has 0 spiro atoms. The van der Waals surface area contributed by atoms with Gasteiger partial charge in [-0.2, -0.15) is 0 Å². The zero-order valence-electron chi connectivity index (χ0n) is 9.45. The minimum Gasteiger partial charge on any atom is -0.466 e. The molecule has 17 heavy (non-hydrogen) atoms. The van der Waals surface area contributed by atoms with Crippen LogP contribution in [-0.2, 0) is 12.8 Å². The lowest BCUT2D eigenvalue weighted by Gasteiger charge is -2.11. The van der Waals surface area contributed by atoms with Crippen molar-refractivity contribution < 1.29 is 4.42 Å². The average Bonchev–Trinajstić information content (AvgIpc) is 2.95. The zero-order chi connectivity index (χ0) is 11.8. The number of hydrogen-bond acceptors (Lipinski definition) is 2. The smallest absolute Gasteiger partial charge is 0.139 e. The summed E-state index contributed by atoms with van der Waals surface area (Å²) >= 11 is 3.45. The topological polar surface area (TPSA) is 39.2 Å². The molecule has 0 saturated heterocycles. The first-order valence-corrected chi connectivity index (χ1v) is 6.65. The van der Waals surface area contributed by atoms with Crippen LogP contribution in [0, 0.1) is 0 Å². The minimum absolute atomic E-state index is 0.190. The SMILES string of the molecule is NC(c1ccc2c(c1)CCC2)c1occc1Br. The predicted molar refractivity (Wildman–Crippen MR) is 70.9 cm³/mol. The second kappa shape index (κ2) is 4.31. The molecule has 1 aliphatic carbocycles. The maximum Gasteiger partial charge on any atom is 0.139 e. The Labute approximate surface area is 109 Å². The van der Waals surface area contributed by atoms with Gasteiger partial charge in [-0.25, -0.2) is 0 Å². The molecule has 3 heteroatoms.